The smallest absolute Gasteiger partial charge is 0.331 e. The summed E-state index contributed by atoms with van der Waals surface area (Å²) in [5, 5.41) is 0. The number of imidazole rings is 1. The fraction of sp³-hybridized carbons (Fsp3) is 0.400. The van der Waals surface area contributed by atoms with Gasteiger partial charge in [0.1, 0.15) is 5.69 Å². The summed E-state index contributed by atoms with van der Waals surface area (Å²) in [6, 6.07) is 9.43. The van der Waals surface area contributed by atoms with Gasteiger partial charge in [0, 0.05) is 9.64 Å². The van der Waals surface area contributed by atoms with Gasteiger partial charge in [-0.05, 0) is 53.6 Å². The lowest BCUT2D eigenvalue weighted by molar-refractivity contribution is 0.272. The highest BCUT2D eigenvalue weighted by molar-refractivity contribution is 14.1. The predicted molar refractivity (Wildman–Crippen MR) is 115 cm³/mol. The first-order valence-electron chi connectivity index (χ1n) is 9.32. The van der Waals surface area contributed by atoms with Gasteiger partial charge in [-0.25, -0.2) is 4.79 Å². The van der Waals surface area contributed by atoms with Crippen LogP contribution in [-0.4, -0.2) is 27.7 Å². The van der Waals surface area contributed by atoms with E-state index in [0.717, 1.165) is 40.3 Å². The fourth-order valence-electron chi connectivity index (χ4n) is 2.74. The second kappa shape index (κ2) is 9.25. The maximum absolute atomic E-state index is 12.7. The molecule has 0 aliphatic rings. The van der Waals surface area contributed by atoms with Crippen molar-refractivity contribution >= 4 is 33.6 Å². The Hall–Kier alpha value is -2.03. The van der Waals surface area contributed by atoms with Crippen LogP contribution < -0.4 is 15.2 Å². The molecule has 7 heteroatoms. The molecule has 0 bridgehead atoms. The quantitative estimate of drug-likeness (QED) is 0.356. The van der Waals surface area contributed by atoms with Gasteiger partial charge in [0.05, 0.1) is 24.2 Å². The molecule has 0 aliphatic carbocycles. The average Bonchev–Trinajstić information content (AvgIpc) is 3.00. The van der Waals surface area contributed by atoms with Crippen molar-refractivity contribution in [1.82, 2.24) is 14.5 Å². The molecule has 6 nitrogen and oxygen atoms in total. The van der Waals surface area contributed by atoms with E-state index in [4.69, 9.17) is 9.47 Å². The molecule has 27 heavy (non-hydrogen) atoms. The Kier molecular flexibility index (Phi) is 6.76. The van der Waals surface area contributed by atoms with Crippen LogP contribution in [0.3, 0.4) is 0 Å². The van der Waals surface area contributed by atoms with Crippen LogP contribution in [0.2, 0.25) is 0 Å². The van der Waals surface area contributed by atoms with Gasteiger partial charge < -0.3 is 14.5 Å². The largest absolute Gasteiger partial charge is 0.478 e. The molecule has 1 aromatic carbocycles. The average molecular weight is 481 g/mol. The molecule has 1 N–H and O–H groups in total. The monoisotopic (exact) mass is 481 g/mol. The van der Waals surface area contributed by atoms with E-state index in [1.807, 2.05) is 24.3 Å². The molecule has 0 amide bonds. The lowest BCUT2D eigenvalue weighted by Gasteiger charge is -2.13. The third kappa shape index (κ3) is 4.45. The molecule has 144 valence electrons. The Morgan fingerprint density at radius 2 is 1.81 bits per heavy atom. The number of aromatic amines is 1. The fourth-order valence-corrected chi connectivity index (χ4v) is 3.36. The summed E-state index contributed by atoms with van der Waals surface area (Å²) in [4.78, 5) is 20.1. The Morgan fingerprint density at radius 3 is 2.56 bits per heavy atom. The first-order chi connectivity index (χ1) is 13.2. The van der Waals surface area contributed by atoms with E-state index >= 15 is 0 Å². The van der Waals surface area contributed by atoms with Gasteiger partial charge in [-0.2, -0.15) is 4.98 Å². The van der Waals surface area contributed by atoms with E-state index in [2.05, 4.69) is 46.4 Å². The number of para-hydroxylation sites is 1. The van der Waals surface area contributed by atoms with E-state index in [9.17, 15) is 4.79 Å². The molecule has 0 radical (unpaired) electrons. The minimum Gasteiger partial charge on any atom is -0.478 e. The number of halogens is 1. The maximum atomic E-state index is 12.7. The molecule has 3 rings (SSSR count). The number of hydrogen-bond acceptors (Lipinski definition) is 4. The summed E-state index contributed by atoms with van der Waals surface area (Å²) in [6.45, 7) is 5.38. The number of nitrogens with zero attached hydrogens (tertiary/aromatic N) is 2. The topological polar surface area (TPSA) is 69.1 Å². The molecule has 0 unspecified atom stereocenters. The summed E-state index contributed by atoms with van der Waals surface area (Å²) in [6.07, 6.45) is 3.97. The molecular formula is C20H24IN3O3. The lowest BCUT2D eigenvalue weighted by atomic mass is 10.3. The normalized spacial score (nSPS) is 11.1. The zero-order chi connectivity index (χ0) is 19.2. The van der Waals surface area contributed by atoms with Crippen LogP contribution in [0.25, 0.3) is 16.7 Å². The Labute approximate surface area is 172 Å². The number of fused-ring (bicyclic) bond motifs is 1. The van der Waals surface area contributed by atoms with Crippen molar-refractivity contribution in [3.05, 3.63) is 44.4 Å². The number of unbranched alkanes of at least 4 members (excludes halogenated alkanes) is 2. The third-order valence-corrected chi connectivity index (χ3v) is 5.11. The highest BCUT2D eigenvalue weighted by Gasteiger charge is 2.17. The molecule has 2 aromatic heterocycles. The van der Waals surface area contributed by atoms with Gasteiger partial charge in [0.25, 0.3) is 0 Å². The zero-order valence-electron chi connectivity index (χ0n) is 15.6. The van der Waals surface area contributed by atoms with Crippen molar-refractivity contribution in [1.29, 1.82) is 0 Å². The molecular weight excluding hydrogens is 457 g/mol. The second-order valence-corrected chi connectivity index (χ2v) is 7.44. The van der Waals surface area contributed by atoms with Crippen LogP contribution in [-0.2, 0) is 0 Å². The summed E-state index contributed by atoms with van der Waals surface area (Å²) in [5.41, 5.74) is 2.02. The van der Waals surface area contributed by atoms with E-state index in [1.165, 1.54) is 0 Å². The van der Waals surface area contributed by atoms with Gasteiger partial charge in [-0.15, -0.1) is 0 Å². The standard InChI is InChI=1S/C20H24IN3O3/c1-3-5-12-26-17-11-10-16(19(22-17)27-13-6-4-2)24-15-9-7-8-14(21)18(15)23-20(24)25/h7-11H,3-6,12-13H2,1-2H3,(H,23,25). The number of hydrogen-bond donors (Lipinski definition) is 1. The SMILES string of the molecule is CCCCOc1ccc(-n2c(=O)[nH]c3c(I)cccc32)c(OCCCC)n1. The number of benzene rings is 1. The van der Waals surface area contributed by atoms with Crippen molar-refractivity contribution in [2.75, 3.05) is 13.2 Å². The summed E-state index contributed by atoms with van der Waals surface area (Å²) >= 11 is 2.22. The van der Waals surface area contributed by atoms with Crippen LogP contribution >= 0.6 is 22.6 Å². The van der Waals surface area contributed by atoms with Crippen LogP contribution in [0.4, 0.5) is 0 Å². The third-order valence-electron chi connectivity index (χ3n) is 4.21. The number of aromatic nitrogens is 3. The van der Waals surface area contributed by atoms with Crippen LogP contribution in [0.1, 0.15) is 39.5 Å². The summed E-state index contributed by atoms with van der Waals surface area (Å²) in [5.74, 6) is 0.931. The van der Waals surface area contributed by atoms with Crippen LogP contribution in [0, 0.1) is 3.57 Å². The second-order valence-electron chi connectivity index (χ2n) is 6.28. The van der Waals surface area contributed by atoms with Crippen molar-refractivity contribution in [3.8, 4) is 17.4 Å². The molecule has 3 aromatic rings. The van der Waals surface area contributed by atoms with Crippen molar-refractivity contribution in [2.45, 2.75) is 39.5 Å². The minimum absolute atomic E-state index is 0.212. The van der Waals surface area contributed by atoms with E-state index in [-0.39, 0.29) is 5.69 Å². The number of ether oxygens (including phenoxy) is 2. The molecule has 0 saturated heterocycles. The molecule has 2 heterocycles. The minimum atomic E-state index is -0.212. The van der Waals surface area contributed by atoms with Gasteiger partial charge >= 0.3 is 5.69 Å². The molecule has 0 aliphatic heterocycles. The molecule has 0 saturated carbocycles. The van der Waals surface area contributed by atoms with Crippen LogP contribution in [0.5, 0.6) is 11.8 Å². The highest BCUT2D eigenvalue weighted by Crippen LogP contribution is 2.27. The van der Waals surface area contributed by atoms with Gasteiger partial charge in [0.15, 0.2) is 0 Å². The Balaban J connectivity index is 2.04. The highest BCUT2D eigenvalue weighted by atomic mass is 127. The van der Waals surface area contributed by atoms with E-state index < -0.39 is 0 Å². The Morgan fingerprint density at radius 1 is 1.07 bits per heavy atom. The summed E-state index contributed by atoms with van der Waals surface area (Å²) in [7, 11) is 0. The number of nitrogens with one attached hydrogen (secondary N) is 1. The zero-order valence-corrected chi connectivity index (χ0v) is 17.8. The molecule has 0 fully saturated rings. The van der Waals surface area contributed by atoms with Gasteiger partial charge in [-0.3, -0.25) is 4.57 Å². The maximum Gasteiger partial charge on any atom is 0.331 e. The molecule has 0 spiro atoms. The van der Waals surface area contributed by atoms with E-state index in [1.54, 1.807) is 10.6 Å². The molecule has 0 atom stereocenters. The first kappa shape index (κ1) is 19.7. The van der Waals surface area contributed by atoms with E-state index in [0.29, 0.717) is 30.7 Å². The number of rotatable bonds is 9. The first-order valence-corrected chi connectivity index (χ1v) is 10.4. The predicted octanol–water partition coefficient (Wildman–Crippen LogP) is 4.68. The Bertz CT molecular complexity index is 965. The summed E-state index contributed by atoms with van der Waals surface area (Å²) < 4.78 is 14.2. The number of pyridine rings is 1. The van der Waals surface area contributed by atoms with Crippen molar-refractivity contribution in [3.63, 3.8) is 0 Å². The van der Waals surface area contributed by atoms with Crippen molar-refractivity contribution in [2.24, 2.45) is 0 Å². The van der Waals surface area contributed by atoms with Gasteiger partial charge in [0.2, 0.25) is 11.8 Å². The van der Waals surface area contributed by atoms with Crippen LogP contribution in [0.15, 0.2) is 35.1 Å². The van der Waals surface area contributed by atoms with Gasteiger partial charge in [-0.1, -0.05) is 32.8 Å². The lowest BCUT2D eigenvalue weighted by Crippen LogP contribution is -2.16. The van der Waals surface area contributed by atoms with Crippen molar-refractivity contribution < 1.29 is 9.47 Å². The number of H-pyrrole nitrogens is 1.